The van der Waals surface area contributed by atoms with Crippen LogP contribution < -0.4 is 5.32 Å². The van der Waals surface area contributed by atoms with Crippen LogP contribution in [0.5, 0.6) is 0 Å². The standard InChI is InChI=1S/C25H26N2O3/c28-24(10-5-13-27-14-16-30-17-15-27)22-8-3-4-9-23(22)26-25(29)21-12-11-19-6-1-2-7-20(19)18-21/h1-4,6-9,11-12,18H,5,10,13-17H2,(H,26,29). The Hall–Kier alpha value is -3.02. The monoisotopic (exact) mass is 402 g/mol. The minimum absolute atomic E-state index is 0.0534. The fourth-order valence-corrected chi connectivity index (χ4v) is 3.78. The normalized spacial score (nSPS) is 14.5. The summed E-state index contributed by atoms with van der Waals surface area (Å²) in [6.45, 7) is 4.26. The number of nitrogens with one attached hydrogen (secondary N) is 1. The zero-order valence-corrected chi connectivity index (χ0v) is 17.0. The summed E-state index contributed by atoms with van der Waals surface area (Å²) >= 11 is 0. The van der Waals surface area contributed by atoms with E-state index < -0.39 is 0 Å². The Morgan fingerprint density at radius 3 is 2.47 bits per heavy atom. The van der Waals surface area contributed by atoms with E-state index in [4.69, 9.17) is 4.74 Å². The zero-order valence-electron chi connectivity index (χ0n) is 17.0. The third kappa shape index (κ3) is 4.93. The van der Waals surface area contributed by atoms with Crippen LogP contribution in [0.15, 0.2) is 66.7 Å². The van der Waals surface area contributed by atoms with Gasteiger partial charge in [-0.05, 0) is 48.0 Å². The van der Waals surface area contributed by atoms with Crippen LogP contribution >= 0.6 is 0 Å². The van der Waals surface area contributed by atoms with E-state index in [-0.39, 0.29) is 11.7 Å². The van der Waals surface area contributed by atoms with Crippen molar-refractivity contribution in [2.45, 2.75) is 12.8 Å². The Morgan fingerprint density at radius 2 is 1.63 bits per heavy atom. The van der Waals surface area contributed by atoms with Crippen molar-refractivity contribution < 1.29 is 14.3 Å². The highest BCUT2D eigenvalue weighted by Gasteiger charge is 2.16. The Labute approximate surface area is 176 Å². The summed E-state index contributed by atoms with van der Waals surface area (Å²) in [5.41, 5.74) is 1.70. The zero-order chi connectivity index (χ0) is 20.8. The summed E-state index contributed by atoms with van der Waals surface area (Å²) in [4.78, 5) is 27.9. The minimum atomic E-state index is -0.214. The van der Waals surface area contributed by atoms with E-state index in [0.717, 1.165) is 50.0 Å². The number of morpholine rings is 1. The van der Waals surface area contributed by atoms with Gasteiger partial charge in [0.2, 0.25) is 0 Å². The number of hydrogen-bond donors (Lipinski definition) is 1. The molecule has 0 atom stereocenters. The van der Waals surface area contributed by atoms with Gasteiger partial charge in [-0.25, -0.2) is 0 Å². The number of Topliss-reactive ketones (excluding diaryl/α,β-unsaturated/α-hetero) is 1. The highest BCUT2D eigenvalue weighted by Crippen LogP contribution is 2.21. The molecule has 5 heteroatoms. The van der Waals surface area contributed by atoms with Gasteiger partial charge in [-0.2, -0.15) is 0 Å². The van der Waals surface area contributed by atoms with Crippen LogP contribution in [0.3, 0.4) is 0 Å². The largest absolute Gasteiger partial charge is 0.379 e. The van der Waals surface area contributed by atoms with E-state index >= 15 is 0 Å². The quantitative estimate of drug-likeness (QED) is 0.596. The molecule has 154 valence electrons. The van der Waals surface area contributed by atoms with Crippen molar-refractivity contribution in [1.82, 2.24) is 4.90 Å². The van der Waals surface area contributed by atoms with Crippen LogP contribution in [0.4, 0.5) is 5.69 Å². The van der Waals surface area contributed by atoms with Crippen molar-refractivity contribution in [1.29, 1.82) is 0 Å². The van der Waals surface area contributed by atoms with Gasteiger partial charge < -0.3 is 10.1 Å². The number of rotatable bonds is 7. The fourth-order valence-electron chi connectivity index (χ4n) is 3.78. The number of carbonyl (C=O) groups excluding carboxylic acids is 2. The third-order valence-electron chi connectivity index (χ3n) is 5.47. The maximum absolute atomic E-state index is 12.8. The fraction of sp³-hybridized carbons (Fsp3) is 0.280. The summed E-state index contributed by atoms with van der Waals surface area (Å²) in [5, 5.41) is 5.03. The van der Waals surface area contributed by atoms with Crippen molar-refractivity contribution in [2.24, 2.45) is 0 Å². The third-order valence-corrected chi connectivity index (χ3v) is 5.47. The predicted octanol–water partition coefficient (Wildman–Crippen LogP) is 4.39. The van der Waals surface area contributed by atoms with Crippen molar-refractivity contribution in [3.05, 3.63) is 77.9 Å². The molecule has 5 nitrogen and oxygen atoms in total. The second kappa shape index (κ2) is 9.65. The van der Waals surface area contributed by atoms with Gasteiger partial charge >= 0.3 is 0 Å². The van der Waals surface area contributed by atoms with Gasteiger partial charge in [0.05, 0.1) is 18.9 Å². The number of nitrogens with zero attached hydrogens (tertiary/aromatic N) is 1. The van der Waals surface area contributed by atoms with E-state index in [2.05, 4.69) is 10.2 Å². The van der Waals surface area contributed by atoms with E-state index in [1.54, 1.807) is 12.1 Å². The first-order valence-electron chi connectivity index (χ1n) is 10.4. The summed E-state index contributed by atoms with van der Waals surface area (Å²) in [6.07, 6.45) is 1.26. The molecule has 0 radical (unpaired) electrons. The SMILES string of the molecule is O=C(Nc1ccccc1C(=O)CCCN1CCOCC1)c1ccc2ccccc2c1. The average molecular weight is 402 g/mol. The molecule has 4 rings (SSSR count). The number of benzene rings is 3. The minimum Gasteiger partial charge on any atom is -0.379 e. The Balaban J connectivity index is 1.41. The van der Waals surface area contributed by atoms with Crippen LogP contribution in [0.2, 0.25) is 0 Å². The van der Waals surface area contributed by atoms with Crippen molar-refractivity contribution >= 4 is 28.2 Å². The second-order valence-corrected chi connectivity index (χ2v) is 7.54. The van der Waals surface area contributed by atoms with E-state index in [1.807, 2.05) is 54.6 Å². The van der Waals surface area contributed by atoms with Crippen LogP contribution in [0.25, 0.3) is 10.8 Å². The number of fused-ring (bicyclic) bond motifs is 1. The first kappa shape index (κ1) is 20.3. The van der Waals surface area contributed by atoms with E-state index in [9.17, 15) is 9.59 Å². The number of amides is 1. The van der Waals surface area contributed by atoms with E-state index in [1.165, 1.54) is 0 Å². The first-order chi connectivity index (χ1) is 14.7. The molecular formula is C25H26N2O3. The average Bonchev–Trinajstić information content (AvgIpc) is 2.79. The molecule has 1 aliphatic rings. The number of hydrogen-bond acceptors (Lipinski definition) is 4. The lowest BCUT2D eigenvalue weighted by molar-refractivity contribution is 0.0371. The van der Waals surface area contributed by atoms with Crippen molar-refractivity contribution in [3.63, 3.8) is 0 Å². The van der Waals surface area contributed by atoms with Gasteiger partial charge in [-0.3, -0.25) is 14.5 Å². The molecular weight excluding hydrogens is 376 g/mol. The van der Waals surface area contributed by atoms with Crippen LogP contribution in [0.1, 0.15) is 33.6 Å². The van der Waals surface area contributed by atoms with Gasteiger partial charge in [0.1, 0.15) is 0 Å². The molecule has 3 aromatic carbocycles. The van der Waals surface area contributed by atoms with Gasteiger partial charge in [-0.15, -0.1) is 0 Å². The number of ketones is 1. The van der Waals surface area contributed by atoms with Gasteiger partial charge in [-0.1, -0.05) is 42.5 Å². The molecule has 0 unspecified atom stereocenters. The van der Waals surface area contributed by atoms with Gasteiger partial charge in [0, 0.05) is 30.6 Å². The van der Waals surface area contributed by atoms with Crippen molar-refractivity contribution in [3.8, 4) is 0 Å². The lowest BCUT2D eigenvalue weighted by Crippen LogP contribution is -2.36. The van der Waals surface area contributed by atoms with Gasteiger partial charge in [0.25, 0.3) is 5.91 Å². The van der Waals surface area contributed by atoms with Crippen LogP contribution in [0, 0.1) is 0 Å². The molecule has 3 aromatic rings. The molecule has 1 saturated heterocycles. The molecule has 1 N–H and O–H groups in total. The molecule has 1 aliphatic heterocycles. The Bertz CT molecular complexity index is 1040. The molecule has 0 spiro atoms. The highest BCUT2D eigenvalue weighted by atomic mass is 16.5. The number of anilines is 1. The maximum atomic E-state index is 12.8. The summed E-state index contributed by atoms with van der Waals surface area (Å²) < 4.78 is 5.36. The lowest BCUT2D eigenvalue weighted by atomic mass is 10.0. The Morgan fingerprint density at radius 1 is 0.900 bits per heavy atom. The molecule has 0 bridgehead atoms. The highest BCUT2D eigenvalue weighted by molar-refractivity contribution is 6.10. The molecule has 1 heterocycles. The maximum Gasteiger partial charge on any atom is 0.255 e. The topological polar surface area (TPSA) is 58.6 Å². The molecule has 0 aromatic heterocycles. The number of ether oxygens (including phenoxy) is 1. The van der Waals surface area contributed by atoms with Crippen molar-refractivity contribution in [2.75, 3.05) is 38.2 Å². The summed E-state index contributed by atoms with van der Waals surface area (Å²) in [5.74, 6) is -0.160. The smallest absolute Gasteiger partial charge is 0.255 e. The van der Waals surface area contributed by atoms with Gasteiger partial charge in [0.15, 0.2) is 5.78 Å². The first-order valence-corrected chi connectivity index (χ1v) is 10.4. The number of para-hydroxylation sites is 1. The molecule has 0 saturated carbocycles. The number of carbonyl (C=O) groups is 2. The molecule has 1 fully saturated rings. The summed E-state index contributed by atoms with van der Waals surface area (Å²) in [6, 6.07) is 20.8. The van der Waals surface area contributed by atoms with Crippen LogP contribution in [-0.2, 0) is 4.74 Å². The predicted molar refractivity (Wildman–Crippen MR) is 119 cm³/mol. The molecule has 1 amide bonds. The second-order valence-electron chi connectivity index (χ2n) is 7.54. The molecule has 30 heavy (non-hydrogen) atoms. The van der Waals surface area contributed by atoms with E-state index in [0.29, 0.717) is 23.2 Å². The van der Waals surface area contributed by atoms with Crippen LogP contribution in [-0.4, -0.2) is 49.4 Å². The molecule has 0 aliphatic carbocycles. The summed E-state index contributed by atoms with van der Waals surface area (Å²) in [7, 11) is 0. The Kier molecular flexibility index (Phi) is 6.52. The lowest BCUT2D eigenvalue weighted by Gasteiger charge is -2.26.